The molecule has 0 radical (unpaired) electrons. The minimum Gasteiger partial charge on any atom is -0.301 e. The average molecular weight is 363 g/mol. The number of benzene rings is 2. The van der Waals surface area contributed by atoms with Crippen LogP contribution in [0.1, 0.15) is 20.7 Å². The zero-order valence-electron chi connectivity index (χ0n) is 13.8. The molecule has 3 rings (SSSR count). The Balaban J connectivity index is 1.85. The molecule has 9 heteroatoms. The number of nitrogens with zero attached hydrogens (tertiary/aromatic N) is 3. The molecule has 0 aliphatic rings. The van der Waals surface area contributed by atoms with E-state index in [-0.39, 0.29) is 11.8 Å². The SMILES string of the molecule is O=C(Nc1ncc([N+](=O)[O-])c(NC(=O)c2ccccc2)n1)c1ccccc1. The molecule has 0 aliphatic carbocycles. The summed E-state index contributed by atoms with van der Waals surface area (Å²) in [5.74, 6) is -1.53. The topological polar surface area (TPSA) is 127 Å². The predicted octanol–water partition coefficient (Wildman–Crippen LogP) is 2.89. The lowest BCUT2D eigenvalue weighted by Crippen LogP contribution is -2.18. The molecular weight excluding hydrogens is 350 g/mol. The van der Waals surface area contributed by atoms with Gasteiger partial charge in [0.2, 0.25) is 11.8 Å². The number of carbonyl (C=O) groups excluding carboxylic acids is 2. The van der Waals surface area contributed by atoms with Gasteiger partial charge in [-0.25, -0.2) is 4.98 Å². The van der Waals surface area contributed by atoms with E-state index >= 15 is 0 Å². The molecule has 2 aromatic carbocycles. The van der Waals surface area contributed by atoms with E-state index in [4.69, 9.17) is 0 Å². The maximum absolute atomic E-state index is 12.3. The van der Waals surface area contributed by atoms with Gasteiger partial charge in [0.05, 0.1) is 4.92 Å². The molecule has 9 nitrogen and oxygen atoms in total. The highest BCUT2D eigenvalue weighted by molar-refractivity contribution is 6.05. The number of anilines is 2. The van der Waals surface area contributed by atoms with Crippen LogP contribution in [0.25, 0.3) is 0 Å². The van der Waals surface area contributed by atoms with Crippen molar-refractivity contribution in [3.8, 4) is 0 Å². The second-order valence-corrected chi connectivity index (χ2v) is 5.32. The summed E-state index contributed by atoms with van der Waals surface area (Å²) < 4.78 is 0. The first-order valence-corrected chi connectivity index (χ1v) is 7.79. The van der Waals surface area contributed by atoms with Gasteiger partial charge in [-0.15, -0.1) is 0 Å². The maximum atomic E-state index is 12.3. The molecule has 27 heavy (non-hydrogen) atoms. The average Bonchev–Trinajstić information content (AvgIpc) is 2.69. The summed E-state index contributed by atoms with van der Waals surface area (Å²) in [5.41, 5.74) is 0.187. The smallest absolute Gasteiger partial charge is 0.301 e. The van der Waals surface area contributed by atoms with Gasteiger partial charge in [-0.3, -0.25) is 25.0 Å². The molecule has 134 valence electrons. The number of nitro groups is 1. The third-order valence-corrected chi connectivity index (χ3v) is 3.50. The molecular formula is C18H13N5O4. The number of nitrogens with one attached hydrogen (secondary N) is 2. The Labute approximate surface area is 153 Å². The third kappa shape index (κ3) is 4.28. The summed E-state index contributed by atoms with van der Waals surface area (Å²) in [6, 6.07) is 16.5. The van der Waals surface area contributed by atoms with Crippen LogP contribution in [0.15, 0.2) is 66.9 Å². The molecule has 2 N–H and O–H groups in total. The van der Waals surface area contributed by atoms with Crippen molar-refractivity contribution in [1.82, 2.24) is 9.97 Å². The first kappa shape index (κ1) is 17.7. The van der Waals surface area contributed by atoms with E-state index in [9.17, 15) is 19.7 Å². The molecule has 0 bridgehead atoms. The molecule has 0 saturated heterocycles. The normalized spacial score (nSPS) is 10.1. The van der Waals surface area contributed by atoms with Crippen molar-refractivity contribution in [2.75, 3.05) is 10.6 Å². The number of rotatable bonds is 5. The molecule has 0 spiro atoms. The number of hydrogen-bond acceptors (Lipinski definition) is 6. The first-order valence-electron chi connectivity index (χ1n) is 7.79. The van der Waals surface area contributed by atoms with Crippen LogP contribution in [0.3, 0.4) is 0 Å². The van der Waals surface area contributed by atoms with Crippen LogP contribution in [0.4, 0.5) is 17.5 Å². The number of amides is 2. The van der Waals surface area contributed by atoms with Crippen LogP contribution in [-0.4, -0.2) is 26.7 Å². The highest BCUT2D eigenvalue weighted by atomic mass is 16.6. The Morgan fingerprint density at radius 1 is 0.852 bits per heavy atom. The Morgan fingerprint density at radius 3 is 1.89 bits per heavy atom. The van der Waals surface area contributed by atoms with Gasteiger partial charge in [0.1, 0.15) is 6.20 Å². The van der Waals surface area contributed by atoms with Gasteiger partial charge in [-0.05, 0) is 24.3 Å². The van der Waals surface area contributed by atoms with Gasteiger partial charge >= 0.3 is 5.69 Å². The molecule has 0 atom stereocenters. The van der Waals surface area contributed by atoms with E-state index in [0.717, 1.165) is 6.20 Å². The summed E-state index contributed by atoms with van der Waals surface area (Å²) in [7, 11) is 0. The van der Waals surface area contributed by atoms with Crippen molar-refractivity contribution < 1.29 is 14.5 Å². The maximum Gasteiger partial charge on any atom is 0.330 e. The minimum atomic E-state index is -0.719. The molecule has 0 saturated carbocycles. The van der Waals surface area contributed by atoms with Crippen molar-refractivity contribution >= 4 is 29.3 Å². The van der Waals surface area contributed by atoms with Gasteiger partial charge in [-0.1, -0.05) is 36.4 Å². The summed E-state index contributed by atoms with van der Waals surface area (Å²) in [4.78, 5) is 42.6. The van der Waals surface area contributed by atoms with Crippen LogP contribution in [0.2, 0.25) is 0 Å². The zero-order valence-corrected chi connectivity index (χ0v) is 13.8. The summed E-state index contributed by atoms with van der Waals surface area (Å²) >= 11 is 0. The fourth-order valence-corrected chi connectivity index (χ4v) is 2.19. The standard InChI is InChI=1S/C18H13N5O4/c24-16(12-7-3-1-4-8-12)20-15-14(23(26)27)11-19-18(21-15)22-17(25)13-9-5-2-6-10-13/h1-11H,(H2,19,20,21,22,24,25). The van der Waals surface area contributed by atoms with Crippen molar-refractivity contribution in [2.24, 2.45) is 0 Å². The lowest BCUT2D eigenvalue weighted by atomic mass is 10.2. The molecule has 3 aromatic rings. The number of aromatic nitrogens is 2. The van der Waals surface area contributed by atoms with E-state index < -0.39 is 22.4 Å². The Kier molecular flexibility index (Phi) is 5.12. The van der Waals surface area contributed by atoms with E-state index in [2.05, 4.69) is 20.6 Å². The van der Waals surface area contributed by atoms with Crippen LogP contribution < -0.4 is 10.6 Å². The highest BCUT2D eigenvalue weighted by Crippen LogP contribution is 2.23. The predicted molar refractivity (Wildman–Crippen MR) is 97.5 cm³/mol. The van der Waals surface area contributed by atoms with Crippen molar-refractivity contribution in [3.63, 3.8) is 0 Å². The molecule has 1 heterocycles. The lowest BCUT2D eigenvalue weighted by molar-refractivity contribution is -0.384. The van der Waals surface area contributed by atoms with Crippen molar-refractivity contribution in [1.29, 1.82) is 0 Å². The zero-order chi connectivity index (χ0) is 19.2. The summed E-state index contributed by atoms with van der Waals surface area (Å²) in [5, 5.41) is 16.0. The van der Waals surface area contributed by atoms with Crippen LogP contribution in [0.5, 0.6) is 0 Å². The van der Waals surface area contributed by atoms with E-state index in [1.54, 1.807) is 60.7 Å². The second-order valence-electron chi connectivity index (χ2n) is 5.32. The third-order valence-electron chi connectivity index (χ3n) is 3.50. The monoisotopic (exact) mass is 363 g/mol. The molecule has 0 fully saturated rings. The van der Waals surface area contributed by atoms with Gasteiger partial charge in [-0.2, -0.15) is 4.98 Å². The van der Waals surface area contributed by atoms with E-state index in [0.29, 0.717) is 11.1 Å². The lowest BCUT2D eigenvalue weighted by Gasteiger charge is -2.08. The van der Waals surface area contributed by atoms with Gasteiger partial charge in [0, 0.05) is 11.1 Å². The van der Waals surface area contributed by atoms with Crippen molar-refractivity contribution in [2.45, 2.75) is 0 Å². The van der Waals surface area contributed by atoms with Gasteiger partial charge < -0.3 is 5.32 Å². The fraction of sp³-hybridized carbons (Fsp3) is 0. The molecule has 2 amide bonds. The Morgan fingerprint density at radius 2 is 1.37 bits per heavy atom. The molecule has 0 unspecified atom stereocenters. The summed E-state index contributed by atoms with van der Waals surface area (Å²) in [6.07, 6.45) is 0.925. The fourth-order valence-electron chi connectivity index (χ4n) is 2.19. The van der Waals surface area contributed by atoms with Gasteiger partial charge in [0.25, 0.3) is 11.8 Å². The van der Waals surface area contributed by atoms with Gasteiger partial charge in [0.15, 0.2) is 0 Å². The number of carbonyl (C=O) groups is 2. The van der Waals surface area contributed by atoms with Crippen molar-refractivity contribution in [3.05, 3.63) is 88.1 Å². The number of hydrogen-bond donors (Lipinski definition) is 2. The Hall–Kier alpha value is -4.14. The van der Waals surface area contributed by atoms with E-state index in [1.807, 2.05) is 0 Å². The minimum absolute atomic E-state index is 0.169. The van der Waals surface area contributed by atoms with Crippen LogP contribution >= 0.6 is 0 Å². The molecule has 1 aromatic heterocycles. The first-order chi connectivity index (χ1) is 13.0. The van der Waals surface area contributed by atoms with Crippen LogP contribution in [-0.2, 0) is 0 Å². The largest absolute Gasteiger partial charge is 0.330 e. The summed E-state index contributed by atoms with van der Waals surface area (Å²) in [6.45, 7) is 0. The van der Waals surface area contributed by atoms with E-state index in [1.165, 1.54) is 0 Å². The quantitative estimate of drug-likeness (QED) is 0.530. The molecule has 0 aliphatic heterocycles. The van der Waals surface area contributed by atoms with Crippen LogP contribution in [0, 0.1) is 10.1 Å². The Bertz CT molecular complexity index is 993. The highest BCUT2D eigenvalue weighted by Gasteiger charge is 2.21. The second kappa shape index (κ2) is 7.83.